The van der Waals surface area contributed by atoms with E-state index in [1.54, 1.807) is 6.07 Å². The Morgan fingerprint density at radius 1 is 1.10 bits per heavy atom. The number of anilines is 1. The average Bonchev–Trinajstić information content (AvgIpc) is 2.43. The predicted molar refractivity (Wildman–Crippen MR) is 75.9 cm³/mol. The molecule has 0 saturated carbocycles. The van der Waals surface area contributed by atoms with E-state index in [1.807, 2.05) is 0 Å². The minimum atomic E-state index is -4.10. The molecule has 0 radical (unpaired) electrons. The van der Waals surface area contributed by atoms with Crippen LogP contribution < -0.4 is 5.73 Å². The van der Waals surface area contributed by atoms with E-state index in [2.05, 4.69) is 0 Å². The molecule has 2 aromatic carbocycles. The molecule has 0 aliphatic carbocycles. The van der Waals surface area contributed by atoms with Crippen LogP contribution in [0.1, 0.15) is 5.56 Å². The number of nitrogen functional groups attached to an aromatic ring is 1. The number of nitrogens with two attached hydrogens (primary N) is 1. The van der Waals surface area contributed by atoms with Crippen molar-refractivity contribution in [1.82, 2.24) is 4.31 Å². The van der Waals surface area contributed by atoms with E-state index in [1.165, 1.54) is 31.3 Å². The maximum Gasteiger partial charge on any atom is 0.246 e. The third kappa shape index (κ3) is 3.20. The van der Waals surface area contributed by atoms with Crippen LogP contribution in [0.4, 0.5) is 14.5 Å². The lowest BCUT2D eigenvalue weighted by Crippen LogP contribution is -2.27. The second kappa shape index (κ2) is 5.79. The highest BCUT2D eigenvalue weighted by molar-refractivity contribution is 7.89. The Morgan fingerprint density at radius 2 is 1.76 bits per heavy atom. The van der Waals surface area contributed by atoms with E-state index in [-0.39, 0.29) is 17.8 Å². The second-order valence-electron chi connectivity index (χ2n) is 4.54. The lowest BCUT2D eigenvalue weighted by Gasteiger charge is -2.18. The Balaban J connectivity index is 2.35. The SMILES string of the molecule is CN(Cc1ccccc1F)S(=O)(=O)c1cc(N)ccc1F. The predicted octanol–water partition coefficient (Wildman–Crippen LogP) is 2.37. The summed E-state index contributed by atoms with van der Waals surface area (Å²) >= 11 is 0. The van der Waals surface area contributed by atoms with Crippen LogP contribution in [-0.2, 0) is 16.6 Å². The molecule has 4 nitrogen and oxygen atoms in total. The lowest BCUT2D eigenvalue weighted by molar-refractivity contribution is 0.451. The largest absolute Gasteiger partial charge is 0.399 e. The van der Waals surface area contributed by atoms with Crippen molar-refractivity contribution in [3.8, 4) is 0 Å². The molecule has 2 rings (SSSR count). The number of benzene rings is 2. The highest BCUT2D eigenvalue weighted by Gasteiger charge is 2.25. The van der Waals surface area contributed by atoms with Gasteiger partial charge in [0.05, 0.1) is 0 Å². The number of rotatable bonds is 4. The Bertz CT molecular complexity index is 763. The highest BCUT2D eigenvalue weighted by Crippen LogP contribution is 2.22. The molecule has 2 aromatic rings. The summed E-state index contributed by atoms with van der Waals surface area (Å²) in [5, 5.41) is 0. The molecule has 0 saturated heterocycles. The van der Waals surface area contributed by atoms with Gasteiger partial charge in [-0.1, -0.05) is 18.2 Å². The number of hydrogen-bond acceptors (Lipinski definition) is 3. The van der Waals surface area contributed by atoms with Gasteiger partial charge in [-0.15, -0.1) is 0 Å². The molecule has 7 heteroatoms. The molecule has 0 aromatic heterocycles. The second-order valence-corrected chi connectivity index (χ2v) is 6.56. The van der Waals surface area contributed by atoms with Gasteiger partial charge in [0, 0.05) is 24.8 Å². The van der Waals surface area contributed by atoms with Crippen molar-refractivity contribution < 1.29 is 17.2 Å². The normalized spacial score (nSPS) is 11.8. The third-order valence-electron chi connectivity index (χ3n) is 2.99. The number of halogens is 2. The Hall–Kier alpha value is -1.99. The van der Waals surface area contributed by atoms with Crippen molar-refractivity contribution in [1.29, 1.82) is 0 Å². The van der Waals surface area contributed by atoms with Gasteiger partial charge in [0.1, 0.15) is 16.5 Å². The molecule has 112 valence electrons. The van der Waals surface area contributed by atoms with Crippen LogP contribution in [0.2, 0.25) is 0 Å². The number of sulfonamides is 1. The summed E-state index contributed by atoms with van der Waals surface area (Å²) in [5.41, 5.74) is 5.83. The Labute approximate surface area is 121 Å². The van der Waals surface area contributed by atoms with E-state index in [0.717, 1.165) is 16.4 Å². The highest BCUT2D eigenvalue weighted by atomic mass is 32.2. The van der Waals surface area contributed by atoms with Gasteiger partial charge in [0.25, 0.3) is 0 Å². The Morgan fingerprint density at radius 3 is 2.43 bits per heavy atom. The zero-order valence-corrected chi connectivity index (χ0v) is 12.1. The van der Waals surface area contributed by atoms with Crippen LogP contribution in [0.5, 0.6) is 0 Å². The van der Waals surface area contributed by atoms with Crippen LogP contribution in [0, 0.1) is 11.6 Å². The summed E-state index contributed by atoms with van der Waals surface area (Å²) in [6.45, 7) is -0.205. The maximum absolute atomic E-state index is 13.7. The molecule has 0 aliphatic heterocycles. The molecule has 0 aliphatic rings. The smallest absolute Gasteiger partial charge is 0.246 e. The summed E-state index contributed by atoms with van der Waals surface area (Å²) in [6.07, 6.45) is 0. The first-order valence-electron chi connectivity index (χ1n) is 6.07. The van der Waals surface area contributed by atoms with E-state index < -0.39 is 26.6 Å². The third-order valence-corrected chi connectivity index (χ3v) is 4.81. The molecule has 0 spiro atoms. The molecule has 0 heterocycles. The van der Waals surface area contributed by atoms with E-state index >= 15 is 0 Å². The average molecular weight is 312 g/mol. The fourth-order valence-electron chi connectivity index (χ4n) is 1.84. The summed E-state index contributed by atoms with van der Waals surface area (Å²) in [4.78, 5) is -0.527. The minimum absolute atomic E-state index is 0.134. The van der Waals surface area contributed by atoms with Crippen molar-refractivity contribution in [2.45, 2.75) is 11.4 Å². The van der Waals surface area contributed by atoms with Crippen molar-refractivity contribution >= 4 is 15.7 Å². The zero-order valence-electron chi connectivity index (χ0n) is 11.3. The van der Waals surface area contributed by atoms with Crippen molar-refractivity contribution in [2.75, 3.05) is 12.8 Å². The fraction of sp³-hybridized carbons (Fsp3) is 0.143. The first-order valence-corrected chi connectivity index (χ1v) is 7.51. The zero-order chi connectivity index (χ0) is 15.6. The fourth-order valence-corrected chi connectivity index (χ4v) is 3.08. The summed E-state index contributed by atoms with van der Waals surface area (Å²) in [5.74, 6) is -1.42. The van der Waals surface area contributed by atoms with E-state index in [4.69, 9.17) is 5.73 Å². The first kappa shape index (κ1) is 15.4. The topological polar surface area (TPSA) is 63.4 Å². The van der Waals surface area contributed by atoms with Crippen LogP contribution in [0.15, 0.2) is 47.4 Å². The van der Waals surface area contributed by atoms with Crippen LogP contribution in [-0.4, -0.2) is 19.8 Å². The van der Waals surface area contributed by atoms with Gasteiger partial charge < -0.3 is 5.73 Å². The van der Waals surface area contributed by atoms with Crippen LogP contribution >= 0.6 is 0 Å². The summed E-state index contributed by atoms with van der Waals surface area (Å²) in [6, 6.07) is 9.10. The van der Waals surface area contributed by atoms with Gasteiger partial charge in [-0.25, -0.2) is 17.2 Å². The molecule has 0 fully saturated rings. The van der Waals surface area contributed by atoms with Gasteiger partial charge in [-0.2, -0.15) is 4.31 Å². The van der Waals surface area contributed by atoms with Gasteiger partial charge in [0.15, 0.2) is 0 Å². The first-order chi connectivity index (χ1) is 9.82. The van der Waals surface area contributed by atoms with Crippen LogP contribution in [0.25, 0.3) is 0 Å². The molecule has 0 bridgehead atoms. The number of nitrogens with zero attached hydrogens (tertiary/aromatic N) is 1. The van der Waals surface area contributed by atoms with Crippen molar-refractivity contribution in [3.63, 3.8) is 0 Å². The minimum Gasteiger partial charge on any atom is -0.399 e. The van der Waals surface area contributed by atoms with Gasteiger partial charge in [0.2, 0.25) is 10.0 Å². The van der Waals surface area contributed by atoms with Crippen LogP contribution in [0.3, 0.4) is 0 Å². The van der Waals surface area contributed by atoms with E-state index in [0.29, 0.717) is 0 Å². The van der Waals surface area contributed by atoms with Gasteiger partial charge in [-0.3, -0.25) is 0 Å². The van der Waals surface area contributed by atoms with Crippen molar-refractivity contribution in [3.05, 3.63) is 59.7 Å². The quantitative estimate of drug-likeness (QED) is 0.882. The standard InChI is InChI=1S/C14H14F2N2O2S/c1-18(9-10-4-2-3-5-12(10)15)21(19,20)14-8-11(17)6-7-13(14)16/h2-8H,9,17H2,1H3. The Kier molecular flexibility index (Phi) is 4.24. The summed E-state index contributed by atoms with van der Waals surface area (Å²) < 4.78 is 52.8. The number of hydrogen-bond donors (Lipinski definition) is 1. The van der Waals surface area contributed by atoms with Gasteiger partial charge in [-0.05, 0) is 24.3 Å². The maximum atomic E-state index is 13.7. The lowest BCUT2D eigenvalue weighted by atomic mass is 10.2. The summed E-state index contributed by atoms with van der Waals surface area (Å²) in [7, 11) is -2.84. The molecule has 0 unspecified atom stereocenters. The molecule has 2 N–H and O–H groups in total. The van der Waals surface area contributed by atoms with Crippen molar-refractivity contribution in [2.24, 2.45) is 0 Å². The molecule has 0 atom stereocenters. The van der Waals surface area contributed by atoms with Gasteiger partial charge >= 0.3 is 0 Å². The molecule has 21 heavy (non-hydrogen) atoms. The van der Waals surface area contributed by atoms with E-state index in [9.17, 15) is 17.2 Å². The monoisotopic (exact) mass is 312 g/mol. The molecular formula is C14H14F2N2O2S. The molecule has 0 amide bonds. The molecular weight excluding hydrogens is 298 g/mol.